The van der Waals surface area contributed by atoms with Crippen LogP contribution in [0.2, 0.25) is 0 Å². The molecule has 1 aliphatic heterocycles. The lowest BCUT2D eigenvalue weighted by Gasteiger charge is -2.15. The van der Waals surface area contributed by atoms with Crippen molar-refractivity contribution in [3.63, 3.8) is 0 Å². The highest BCUT2D eigenvalue weighted by Gasteiger charge is 2.33. The number of carbonyl (C=O) groups is 1. The lowest BCUT2D eigenvalue weighted by Crippen LogP contribution is -2.20. The van der Waals surface area contributed by atoms with E-state index in [1.54, 1.807) is 22.9 Å². The number of anilines is 1. The first-order valence-corrected chi connectivity index (χ1v) is 11.0. The second kappa shape index (κ2) is 6.81. The molecule has 0 aliphatic carbocycles. The number of benzene rings is 1. The fraction of sp³-hybridized carbons (Fsp3) is 0.444. The van der Waals surface area contributed by atoms with Crippen molar-refractivity contribution in [2.45, 2.75) is 38.6 Å². The fourth-order valence-electron chi connectivity index (χ4n) is 2.92. The predicted octanol–water partition coefficient (Wildman–Crippen LogP) is 3.56. The van der Waals surface area contributed by atoms with Gasteiger partial charge in [-0.2, -0.15) is 5.10 Å². The van der Waals surface area contributed by atoms with Gasteiger partial charge in [-0.1, -0.05) is 42.8 Å². The molecule has 140 valence electrons. The van der Waals surface area contributed by atoms with E-state index < -0.39 is 9.84 Å². The highest BCUT2D eigenvalue weighted by molar-refractivity contribution is 9.10. The monoisotopic (exact) mass is 439 g/mol. The van der Waals surface area contributed by atoms with E-state index >= 15 is 0 Å². The Morgan fingerprint density at radius 3 is 2.62 bits per heavy atom. The Bertz CT molecular complexity index is 945. The van der Waals surface area contributed by atoms with Gasteiger partial charge in [0.1, 0.15) is 5.82 Å². The summed E-state index contributed by atoms with van der Waals surface area (Å²) in [4.78, 5) is 12.6. The van der Waals surface area contributed by atoms with Gasteiger partial charge in [0.25, 0.3) is 5.91 Å². The maximum absolute atomic E-state index is 12.6. The first-order chi connectivity index (χ1) is 12.0. The van der Waals surface area contributed by atoms with Gasteiger partial charge in [0, 0.05) is 21.5 Å². The van der Waals surface area contributed by atoms with Gasteiger partial charge in [-0.25, -0.2) is 13.1 Å². The molecular weight excluding hydrogens is 418 g/mol. The summed E-state index contributed by atoms with van der Waals surface area (Å²) >= 11 is 3.36. The molecule has 3 rings (SSSR count). The van der Waals surface area contributed by atoms with Gasteiger partial charge < -0.3 is 5.32 Å². The summed E-state index contributed by atoms with van der Waals surface area (Å²) in [5, 5.41) is 7.52. The molecule has 1 aromatic carbocycles. The molecule has 0 radical (unpaired) electrons. The van der Waals surface area contributed by atoms with Crippen LogP contribution in [0.5, 0.6) is 0 Å². The summed E-state index contributed by atoms with van der Waals surface area (Å²) in [5.41, 5.74) is 1.12. The topological polar surface area (TPSA) is 81.1 Å². The molecule has 1 aliphatic rings. The number of sulfone groups is 1. The van der Waals surface area contributed by atoms with Gasteiger partial charge in [0.15, 0.2) is 9.84 Å². The minimum absolute atomic E-state index is 0.0536. The number of nitrogens with one attached hydrogen (secondary N) is 1. The maximum atomic E-state index is 12.6. The van der Waals surface area contributed by atoms with Crippen LogP contribution in [0.1, 0.15) is 49.3 Å². The summed E-state index contributed by atoms with van der Waals surface area (Å²) < 4.78 is 26.2. The minimum atomic E-state index is -3.05. The molecule has 1 aromatic heterocycles. The predicted molar refractivity (Wildman–Crippen MR) is 105 cm³/mol. The number of amides is 1. The van der Waals surface area contributed by atoms with Crippen molar-refractivity contribution in [2.24, 2.45) is 0 Å². The van der Waals surface area contributed by atoms with Crippen molar-refractivity contribution < 1.29 is 13.2 Å². The van der Waals surface area contributed by atoms with Gasteiger partial charge in [-0.15, -0.1) is 0 Å². The van der Waals surface area contributed by atoms with Crippen molar-refractivity contribution >= 4 is 37.5 Å². The van der Waals surface area contributed by atoms with E-state index in [0.717, 1.165) is 10.2 Å². The second-order valence-corrected chi connectivity index (χ2v) is 10.8. The van der Waals surface area contributed by atoms with Crippen molar-refractivity contribution in [3.05, 3.63) is 46.1 Å². The van der Waals surface area contributed by atoms with Gasteiger partial charge in [-0.3, -0.25) is 4.79 Å². The normalized spacial score (nSPS) is 19.5. The molecule has 0 unspecified atom stereocenters. The molecular formula is C18H22BrN3O3S. The Morgan fingerprint density at radius 1 is 1.31 bits per heavy atom. The number of halogens is 1. The molecule has 0 saturated carbocycles. The summed E-state index contributed by atoms with van der Waals surface area (Å²) in [7, 11) is -3.05. The molecule has 26 heavy (non-hydrogen) atoms. The van der Waals surface area contributed by atoms with Crippen molar-refractivity contribution in [2.75, 3.05) is 16.8 Å². The molecule has 2 aromatic rings. The molecule has 1 N–H and O–H groups in total. The molecule has 8 heteroatoms. The standard InChI is InChI=1S/C18H22BrN3O3S/c1-18(2,3)15-10-16(20-17(23)12-5-4-6-13(19)9-12)22(21-15)14-7-8-26(24,25)11-14/h4-6,9-10,14H,7-8,11H2,1-3H3,(H,20,23)/t14-/m1/s1. The SMILES string of the molecule is CC(C)(C)c1cc(NC(=O)c2cccc(Br)c2)n([C@@H]2CCS(=O)(=O)C2)n1. The third-order valence-electron chi connectivity index (χ3n) is 4.39. The van der Waals surface area contributed by atoms with Crippen LogP contribution in [0, 0.1) is 0 Å². The maximum Gasteiger partial charge on any atom is 0.256 e. The Labute approximate surface area is 162 Å². The van der Waals surface area contributed by atoms with E-state index in [1.807, 2.05) is 32.9 Å². The zero-order valence-corrected chi connectivity index (χ0v) is 17.4. The van der Waals surface area contributed by atoms with Crippen molar-refractivity contribution in [1.29, 1.82) is 0 Å². The van der Waals surface area contributed by atoms with Crippen LogP contribution >= 0.6 is 15.9 Å². The molecule has 6 nitrogen and oxygen atoms in total. The highest BCUT2D eigenvalue weighted by Crippen LogP contribution is 2.31. The third kappa shape index (κ3) is 4.17. The molecule has 0 bridgehead atoms. The van der Waals surface area contributed by atoms with Crippen LogP contribution in [-0.2, 0) is 15.3 Å². The van der Waals surface area contributed by atoms with Crippen LogP contribution in [0.25, 0.3) is 0 Å². The number of aromatic nitrogens is 2. The largest absolute Gasteiger partial charge is 0.307 e. The van der Waals surface area contributed by atoms with Gasteiger partial charge in [-0.05, 0) is 24.6 Å². The molecule has 1 atom stereocenters. The summed E-state index contributed by atoms with van der Waals surface area (Å²) in [5.74, 6) is 0.482. The van der Waals surface area contributed by atoms with E-state index in [-0.39, 0.29) is 28.9 Å². The average Bonchev–Trinajstić information content (AvgIpc) is 3.10. The average molecular weight is 440 g/mol. The number of nitrogens with zero attached hydrogens (tertiary/aromatic N) is 2. The minimum Gasteiger partial charge on any atom is -0.307 e. The fourth-order valence-corrected chi connectivity index (χ4v) is 5.01. The van der Waals surface area contributed by atoms with Gasteiger partial charge >= 0.3 is 0 Å². The van der Waals surface area contributed by atoms with Gasteiger partial charge in [0.2, 0.25) is 0 Å². The van der Waals surface area contributed by atoms with E-state index in [0.29, 0.717) is 17.8 Å². The van der Waals surface area contributed by atoms with Crippen LogP contribution in [0.15, 0.2) is 34.8 Å². The van der Waals surface area contributed by atoms with E-state index in [4.69, 9.17) is 0 Å². The third-order valence-corrected chi connectivity index (χ3v) is 6.63. The van der Waals surface area contributed by atoms with Crippen LogP contribution < -0.4 is 5.32 Å². The smallest absolute Gasteiger partial charge is 0.256 e. The second-order valence-electron chi connectivity index (χ2n) is 7.63. The van der Waals surface area contributed by atoms with Crippen LogP contribution in [0.4, 0.5) is 5.82 Å². The van der Waals surface area contributed by atoms with Crippen LogP contribution in [-0.4, -0.2) is 35.6 Å². The Hall–Kier alpha value is -1.67. The molecule has 0 spiro atoms. The molecule has 2 heterocycles. The first kappa shape index (κ1) is 19.1. The van der Waals surface area contributed by atoms with E-state index in [2.05, 4.69) is 26.3 Å². The first-order valence-electron chi connectivity index (χ1n) is 8.42. The Balaban J connectivity index is 1.94. The van der Waals surface area contributed by atoms with E-state index in [9.17, 15) is 13.2 Å². The molecule has 1 fully saturated rings. The van der Waals surface area contributed by atoms with Gasteiger partial charge in [0.05, 0.1) is 23.2 Å². The number of hydrogen-bond acceptors (Lipinski definition) is 4. The zero-order chi connectivity index (χ0) is 19.1. The molecule has 1 amide bonds. The van der Waals surface area contributed by atoms with Crippen LogP contribution in [0.3, 0.4) is 0 Å². The quantitative estimate of drug-likeness (QED) is 0.792. The highest BCUT2D eigenvalue weighted by atomic mass is 79.9. The number of rotatable bonds is 3. The van der Waals surface area contributed by atoms with Crippen molar-refractivity contribution in [1.82, 2.24) is 9.78 Å². The zero-order valence-electron chi connectivity index (χ0n) is 15.0. The van der Waals surface area contributed by atoms with Crippen molar-refractivity contribution in [3.8, 4) is 0 Å². The van der Waals surface area contributed by atoms with E-state index in [1.165, 1.54) is 0 Å². The summed E-state index contributed by atoms with van der Waals surface area (Å²) in [6.45, 7) is 6.10. The number of hydrogen-bond donors (Lipinski definition) is 1. The number of carbonyl (C=O) groups excluding carboxylic acids is 1. The summed E-state index contributed by atoms with van der Waals surface area (Å²) in [6, 6.07) is 8.68. The Morgan fingerprint density at radius 2 is 2.04 bits per heavy atom. The molecule has 1 saturated heterocycles. The summed E-state index contributed by atoms with van der Waals surface area (Å²) in [6.07, 6.45) is 0.507. The lowest BCUT2D eigenvalue weighted by molar-refractivity contribution is 0.102. The lowest BCUT2D eigenvalue weighted by atomic mass is 9.92. The Kier molecular flexibility index (Phi) is 5.00.